The molecule has 2 rings (SSSR count). The van der Waals surface area contributed by atoms with Crippen LogP contribution >= 0.6 is 0 Å². The van der Waals surface area contributed by atoms with E-state index in [1.165, 1.54) is 25.3 Å². The lowest BCUT2D eigenvalue weighted by molar-refractivity contribution is -0.400. The molecule has 0 aliphatic carbocycles. The van der Waals surface area contributed by atoms with Crippen LogP contribution in [-0.4, -0.2) is 24.6 Å². The summed E-state index contributed by atoms with van der Waals surface area (Å²) in [6.45, 7) is 3.62. The summed E-state index contributed by atoms with van der Waals surface area (Å²) < 4.78 is 15.9. The van der Waals surface area contributed by atoms with Gasteiger partial charge in [-0.1, -0.05) is 23.8 Å². The summed E-state index contributed by atoms with van der Waals surface area (Å²) in [4.78, 5) is 21.8. The van der Waals surface area contributed by atoms with E-state index in [1.54, 1.807) is 12.1 Å². The minimum absolute atomic E-state index is 0.208. The van der Waals surface area contributed by atoms with E-state index in [9.17, 15) is 14.9 Å². The van der Waals surface area contributed by atoms with Gasteiger partial charge in [-0.15, -0.1) is 0 Å². The number of esters is 1. The average molecular weight is 357 g/mol. The van der Waals surface area contributed by atoms with Gasteiger partial charge in [-0.3, -0.25) is 10.1 Å². The van der Waals surface area contributed by atoms with E-state index in [-0.39, 0.29) is 18.1 Å². The number of nitrogens with zero attached hydrogens (tertiary/aromatic N) is 1. The molecular formula is C19H19NO6. The number of hydrogen-bond donors (Lipinski definition) is 0. The quantitative estimate of drug-likeness (QED) is 0.326. The number of methoxy groups -OCH3 is 1. The third-order valence-electron chi connectivity index (χ3n) is 3.48. The highest BCUT2D eigenvalue weighted by molar-refractivity contribution is 5.75. The Bertz CT molecular complexity index is 844. The van der Waals surface area contributed by atoms with E-state index >= 15 is 0 Å². The molecule has 0 aliphatic heterocycles. The van der Waals surface area contributed by atoms with Crippen molar-refractivity contribution < 1.29 is 23.9 Å². The SMILES string of the molecule is COc1cc(/C=C/[N+](=O)[O-])ccc1OC(=O)COc1ccc(C)cc1C. The summed E-state index contributed by atoms with van der Waals surface area (Å²) in [5, 5.41) is 10.4. The maximum Gasteiger partial charge on any atom is 0.349 e. The second kappa shape index (κ2) is 8.66. The van der Waals surface area contributed by atoms with Crippen LogP contribution in [0.1, 0.15) is 16.7 Å². The van der Waals surface area contributed by atoms with Crippen molar-refractivity contribution in [3.05, 3.63) is 69.4 Å². The molecule has 0 amide bonds. The van der Waals surface area contributed by atoms with E-state index in [4.69, 9.17) is 14.2 Å². The molecule has 0 fully saturated rings. The second-order valence-corrected chi connectivity index (χ2v) is 5.54. The van der Waals surface area contributed by atoms with Gasteiger partial charge in [0.05, 0.1) is 12.0 Å². The van der Waals surface area contributed by atoms with E-state index in [1.807, 2.05) is 26.0 Å². The zero-order valence-electron chi connectivity index (χ0n) is 14.7. The number of nitro groups is 1. The highest BCUT2D eigenvalue weighted by Crippen LogP contribution is 2.29. The Hall–Kier alpha value is -3.35. The molecule has 0 atom stereocenters. The van der Waals surface area contributed by atoms with Crippen LogP contribution in [0.25, 0.3) is 6.08 Å². The molecule has 0 aliphatic rings. The first kappa shape index (κ1) is 19.0. The molecular weight excluding hydrogens is 338 g/mol. The van der Waals surface area contributed by atoms with Crippen LogP contribution in [0, 0.1) is 24.0 Å². The van der Waals surface area contributed by atoms with Gasteiger partial charge in [0.1, 0.15) is 5.75 Å². The molecule has 0 unspecified atom stereocenters. The Morgan fingerprint density at radius 2 is 1.85 bits per heavy atom. The molecule has 0 radical (unpaired) electrons. The Balaban J connectivity index is 2.02. The Labute approximate surface area is 151 Å². The van der Waals surface area contributed by atoms with Crippen molar-refractivity contribution in [1.29, 1.82) is 0 Å². The fourth-order valence-corrected chi connectivity index (χ4v) is 2.27. The zero-order valence-corrected chi connectivity index (χ0v) is 14.7. The van der Waals surface area contributed by atoms with Crippen molar-refractivity contribution in [1.82, 2.24) is 0 Å². The summed E-state index contributed by atoms with van der Waals surface area (Å²) in [7, 11) is 1.42. The van der Waals surface area contributed by atoms with Crippen molar-refractivity contribution in [3.8, 4) is 17.2 Å². The second-order valence-electron chi connectivity index (χ2n) is 5.54. The largest absolute Gasteiger partial charge is 0.493 e. The van der Waals surface area contributed by atoms with Crippen molar-refractivity contribution in [2.45, 2.75) is 13.8 Å². The van der Waals surface area contributed by atoms with Gasteiger partial charge in [0, 0.05) is 6.08 Å². The number of benzene rings is 2. The molecule has 0 aromatic heterocycles. The molecule has 7 nitrogen and oxygen atoms in total. The Morgan fingerprint density at radius 3 is 2.50 bits per heavy atom. The number of carbonyl (C=O) groups is 1. The standard InChI is InChI=1S/C19H19NO6/c1-13-4-6-16(14(2)10-13)25-12-19(21)26-17-7-5-15(8-9-20(22)23)11-18(17)24-3/h4-11H,12H2,1-3H3/b9-8+. The maximum absolute atomic E-state index is 12.0. The molecule has 0 N–H and O–H groups in total. The molecule has 0 saturated heterocycles. The topological polar surface area (TPSA) is 87.9 Å². The predicted octanol–water partition coefficient (Wildman–Crippen LogP) is 3.54. The van der Waals surface area contributed by atoms with Gasteiger partial charge in [0.2, 0.25) is 6.20 Å². The minimum atomic E-state index is -0.586. The summed E-state index contributed by atoms with van der Waals surface area (Å²) in [5.74, 6) is 0.520. The van der Waals surface area contributed by atoms with Gasteiger partial charge in [0.25, 0.3) is 0 Å². The number of ether oxygens (including phenoxy) is 3. The molecule has 0 saturated carbocycles. The summed E-state index contributed by atoms with van der Waals surface area (Å²) in [5.41, 5.74) is 2.58. The smallest absolute Gasteiger partial charge is 0.349 e. The van der Waals surface area contributed by atoms with Crippen molar-refractivity contribution in [2.75, 3.05) is 13.7 Å². The fraction of sp³-hybridized carbons (Fsp3) is 0.211. The zero-order chi connectivity index (χ0) is 19.1. The highest BCUT2D eigenvalue weighted by atomic mass is 16.6. The fourth-order valence-electron chi connectivity index (χ4n) is 2.27. The molecule has 136 valence electrons. The normalized spacial score (nSPS) is 10.6. The molecule has 2 aromatic rings. The van der Waals surface area contributed by atoms with Gasteiger partial charge < -0.3 is 14.2 Å². The molecule has 2 aromatic carbocycles. The van der Waals surface area contributed by atoms with E-state index in [0.29, 0.717) is 11.3 Å². The lowest BCUT2D eigenvalue weighted by atomic mass is 10.1. The van der Waals surface area contributed by atoms with Crippen LogP contribution in [0.5, 0.6) is 17.2 Å². The number of carbonyl (C=O) groups excluding carboxylic acids is 1. The first-order valence-electron chi connectivity index (χ1n) is 7.79. The third kappa shape index (κ3) is 5.34. The molecule has 0 heterocycles. The monoisotopic (exact) mass is 357 g/mol. The van der Waals surface area contributed by atoms with Crippen molar-refractivity contribution >= 4 is 12.0 Å². The van der Waals surface area contributed by atoms with Gasteiger partial charge in [-0.2, -0.15) is 0 Å². The van der Waals surface area contributed by atoms with Crippen LogP contribution in [0.15, 0.2) is 42.6 Å². The lowest BCUT2D eigenvalue weighted by Crippen LogP contribution is -2.18. The van der Waals surface area contributed by atoms with Crippen LogP contribution in [0.2, 0.25) is 0 Å². The third-order valence-corrected chi connectivity index (χ3v) is 3.48. The van der Waals surface area contributed by atoms with Gasteiger partial charge in [-0.25, -0.2) is 4.79 Å². The Morgan fingerprint density at radius 1 is 1.12 bits per heavy atom. The van der Waals surface area contributed by atoms with E-state index in [0.717, 1.165) is 17.3 Å². The first-order chi connectivity index (χ1) is 12.4. The maximum atomic E-state index is 12.0. The molecule has 26 heavy (non-hydrogen) atoms. The average Bonchev–Trinajstić information content (AvgIpc) is 2.60. The minimum Gasteiger partial charge on any atom is -0.493 e. The number of hydrogen-bond acceptors (Lipinski definition) is 6. The summed E-state index contributed by atoms with van der Waals surface area (Å²) in [6, 6.07) is 10.3. The van der Waals surface area contributed by atoms with Crippen LogP contribution in [0.4, 0.5) is 0 Å². The van der Waals surface area contributed by atoms with Crippen molar-refractivity contribution in [2.24, 2.45) is 0 Å². The lowest BCUT2D eigenvalue weighted by Gasteiger charge is -2.11. The van der Waals surface area contributed by atoms with E-state index < -0.39 is 10.9 Å². The van der Waals surface area contributed by atoms with Crippen LogP contribution < -0.4 is 14.2 Å². The summed E-state index contributed by atoms with van der Waals surface area (Å²) in [6.07, 6.45) is 2.13. The number of aryl methyl sites for hydroxylation is 2. The van der Waals surface area contributed by atoms with Gasteiger partial charge in [-0.05, 0) is 43.2 Å². The molecule has 0 bridgehead atoms. The first-order valence-corrected chi connectivity index (χ1v) is 7.79. The predicted molar refractivity (Wildman–Crippen MR) is 96.1 cm³/mol. The Kier molecular flexibility index (Phi) is 6.32. The highest BCUT2D eigenvalue weighted by Gasteiger charge is 2.12. The van der Waals surface area contributed by atoms with Crippen LogP contribution in [-0.2, 0) is 4.79 Å². The van der Waals surface area contributed by atoms with Crippen molar-refractivity contribution in [3.63, 3.8) is 0 Å². The van der Waals surface area contributed by atoms with Gasteiger partial charge in [0.15, 0.2) is 18.1 Å². The number of rotatable bonds is 7. The molecule has 7 heteroatoms. The van der Waals surface area contributed by atoms with E-state index in [2.05, 4.69) is 0 Å². The summed E-state index contributed by atoms with van der Waals surface area (Å²) >= 11 is 0. The van der Waals surface area contributed by atoms with Crippen LogP contribution in [0.3, 0.4) is 0 Å². The molecule has 0 spiro atoms. The van der Waals surface area contributed by atoms with Gasteiger partial charge >= 0.3 is 5.97 Å².